The molecule has 28 heavy (non-hydrogen) atoms. The highest BCUT2D eigenvalue weighted by molar-refractivity contribution is 7.89. The highest BCUT2D eigenvalue weighted by Crippen LogP contribution is 2.20. The lowest BCUT2D eigenvalue weighted by molar-refractivity contribution is 0.0478. The van der Waals surface area contributed by atoms with Gasteiger partial charge in [-0.3, -0.25) is 0 Å². The van der Waals surface area contributed by atoms with Crippen LogP contribution in [0.1, 0.15) is 20.1 Å². The Morgan fingerprint density at radius 1 is 1.14 bits per heavy atom. The molecule has 0 radical (unpaired) electrons. The summed E-state index contributed by atoms with van der Waals surface area (Å²) in [6.45, 7) is 0.194. The van der Waals surface area contributed by atoms with Crippen LogP contribution in [0.15, 0.2) is 41.3 Å². The number of nitrogens with zero attached hydrogens (tertiary/aromatic N) is 1. The number of esters is 1. The van der Waals surface area contributed by atoms with Gasteiger partial charge in [-0.25, -0.2) is 30.7 Å². The summed E-state index contributed by atoms with van der Waals surface area (Å²) in [4.78, 5) is 13.6. The molecule has 0 saturated heterocycles. The normalized spacial score (nSPS) is 12.3. The molecular formula is C17H22N2O6S3. The second kappa shape index (κ2) is 9.14. The number of ether oxygens (including phenoxy) is 1. The van der Waals surface area contributed by atoms with Crippen LogP contribution in [0.2, 0.25) is 0 Å². The lowest BCUT2D eigenvalue weighted by atomic mass is 10.2. The number of benzene rings is 1. The molecule has 1 aromatic heterocycles. The molecule has 0 saturated carbocycles. The molecule has 11 heteroatoms. The van der Waals surface area contributed by atoms with Crippen molar-refractivity contribution in [2.75, 3.05) is 26.9 Å². The first-order chi connectivity index (χ1) is 13.0. The Morgan fingerprint density at radius 3 is 2.50 bits per heavy atom. The molecule has 0 unspecified atom stereocenters. The Bertz CT molecular complexity index is 1040. The van der Waals surface area contributed by atoms with E-state index in [1.165, 1.54) is 37.6 Å². The lowest BCUT2D eigenvalue weighted by Gasteiger charge is -2.12. The summed E-state index contributed by atoms with van der Waals surface area (Å²) in [6, 6.07) is 9.59. The maximum Gasteiger partial charge on any atom is 0.348 e. The smallest absolute Gasteiger partial charge is 0.348 e. The van der Waals surface area contributed by atoms with Gasteiger partial charge in [0.15, 0.2) is 0 Å². The van der Waals surface area contributed by atoms with Crippen molar-refractivity contribution in [2.45, 2.75) is 17.9 Å². The molecule has 0 aliphatic heterocycles. The van der Waals surface area contributed by atoms with Gasteiger partial charge in [0, 0.05) is 25.5 Å². The zero-order valence-electron chi connectivity index (χ0n) is 15.7. The van der Waals surface area contributed by atoms with E-state index in [1.54, 1.807) is 24.3 Å². The van der Waals surface area contributed by atoms with Crippen molar-refractivity contribution in [1.82, 2.24) is 9.03 Å². The standard InChI is InChI=1S/C17H22N2O6S3/c1-19(2)28(23,24)15-6-4-5-13(11-15)12-25-17(20)16-8-7-14(26-16)9-10-18-27(3,21)22/h4-8,11,18H,9-10,12H2,1-3H3. The van der Waals surface area contributed by atoms with E-state index in [-0.39, 0.29) is 18.0 Å². The third kappa shape index (κ3) is 6.38. The monoisotopic (exact) mass is 446 g/mol. The average Bonchev–Trinajstić information content (AvgIpc) is 3.07. The Kier molecular flexibility index (Phi) is 7.34. The van der Waals surface area contributed by atoms with Gasteiger partial charge in [0.2, 0.25) is 20.0 Å². The fourth-order valence-electron chi connectivity index (χ4n) is 2.21. The molecule has 1 heterocycles. The first-order valence-electron chi connectivity index (χ1n) is 8.21. The third-order valence-electron chi connectivity index (χ3n) is 3.65. The van der Waals surface area contributed by atoms with Crippen LogP contribution in [0.4, 0.5) is 0 Å². The first kappa shape index (κ1) is 22.5. The number of nitrogens with one attached hydrogen (secondary N) is 1. The van der Waals surface area contributed by atoms with E-state index in [1.807, 2.05) is 0 Å². The number of carbonyl (C=O) groups excluding carboxylic acids is 1. The van der Waals surface area contributed by atoms with Crippen LogP contribution in [0.5, 0.6) is 0 Å². The van der Waals surface area contributed by atoms with E-state index >= 15 is 0 Å². The quantitative estimate of drug-likeness (QED) is 0.584. The number of rotatable bonds is 9. The van der Waals surface area contributed by atoms with E-state index in [0.29, 0.717) is 16.9 Å². The minimum atomic E-state index is -3.56. The van der Waals surface area contributed by atoms with Crippen LogP contribution in [0.3, 0.4) is 0 Å². The van der Waals surface area contributed by atoms with Gasteiger partial charge in [-0.05, 0) is 36.2 Å². The van der Waals surface area contributed by atoms with Gasteiger partial charge in [0.05, 0.1) is 11.2 Å². The fraction of sp³-hybridized carbons (Fsp3) is 0.353. The average molecular weight is 447 g/mol. The SMILES string of the molecule is CN(C)S(=O)(=O)c1cccc(COC(=O)c2ccc(CCNS(C)(=O)=O)s2)c1. The van der Waals surface area contributed by atoms with Crippen LogP contribution in [0.25, 0.3) is 0 Å². The molecule has 0 bridgehead atoms. The predicted octanol–water partition coefficient (Wildman–Crippen LogP) is 1.45. The Morgan fingerprint density at radius 2 is 1.86 bits per heavy atom. The second-order valence-corrected chi connectivity index (χ2v) is 11.3. The summed E-state index contributed by atoms with van der Waals surface area (Å²) in [5.41, 5.74) is 0.561. The molecule has 0 spiro atoms. The van der Waals surface area contributed by atoms with Crippen molar-refractivity contribution < 1.29 is 26.4 Å². The van der Waals surface area contributed by atoms with Crippen molar-refractivity contribution in [3.8, 4) is 0 Å². The molecule has 8 nitrogen and oxygen atoms in total. The first-order valence-corrected chi connectivity index (χ1v) is 12.4. The van der Waals surface area contributed by atoms with Gasteiger partial charge < -0.3 is 4.74 Å². The molecule has 154 valence electrons. The minimum absolute atomic E-state index is 0.0571. The van der Waals surface area contributed by atoms with Crippen LogP contribution in [0, 0.1) is 0 Å². The van der Waals surface area contributed by atoms with Gasteiger partial charge in [-0.1, -0.05) is 12.1 Å². The molecule has 0 aliphatic carbocycles. The maximum absolute atomic E-state index is 12.2. The minimum Gasteiger partial charge on any atom is -0.457 e. The van der Waals surface area contributed by atoms with Gasteiger partial charge in [0.25, 0.3) is 0 Å². The number of carbonyl (C=O) groups is 1. The number of thiophene rings is 1. The number of sulfonamides is 2. The Hall–Kier alpha value is -1.79. The van der Waals surface area contributed by atoms with Gasteiger partial charge in [0.1, 0.15) is 11.5 Å². The van der Waals surface area contributed by atoms with Gasteiger partial charge >= 0.3 is 5.97 Å². The van der Waals surface area contributed by atoms with Crippen LogP contribution < -0.4 is 4.72 Å². The summed E-state index contributed by atoms with van der Waals surface area (Å²) in [7, 11) is -3.91. The van der Waals surface area contributed by atoms with Crippen molar-refractivity contribution in [3.63, 3.8) is 0 Å². The molecule has 0 amide bonds. The molecular weight excluding hydrogens is 424 g/mol. The van der Waals surface area contributed by atoms with Crippen molar-refractivity contribution in [3.05, 3.63) is 51.7 Å². The van der Waals surface area contributed by atoms with E-state index in [4.69, 9.17) is 4.74 Å². The zero-order valence-corrected chi connectivity index (χ0v) is 18.2. The van der Waals surface area contributed by atoms with Crippen LogP contribution in [-0.2, 0) is 37.8 Å². The van der Waals surface area contributed by atoms with Crippen LogP contribution in [-0.4, -0.2) is 54.0 Å². The van der Waals surface area contributed by atoms with Crippen molar-refractivity contribution >= 4 is 37.4 Å². The zero-order chi connectivity index (χ0) is 20.9. The van der Waals surface area contributed by atoms with Crippen molar-refractivity contribution in [2.24, 2.45) is 0 Å². The van der Waals surface area contributed by atoms with E-state index < -0.39 is 26.0 Å². The Balaban J connectivity index is 1.96. The molecule has 2 aromatic rings. The maximum atomic E-state index is 12.2. The predicted molar refractivity (Wildman–Crippen MR) is 107 cm³/mol. The highest BCUT2D eigenvalue weighted by Gasteiger charge is 2.18. The summed E-state index contributed by atoms with van der Waals surface area (Å²) in [5.74, 6) is -0.520. The molecule has 1 N–H and O–H groups in total. The van der Waals surface area contributed by atoms with E-state index in [2.05, 4.69) is 4.72 Å². The summed E-state index contributed by atoms with van der Waals surface area (Å²) in [6.07, 6.45) is 1.55. The number of hydrogen-bond acceptors (Lipinski definition) is 7. The molecule has 0 fully saturated rings. The van der Waals surface area contributed by atoms with Crippen molar-refractivity contribution in [1.29, 1.82) is 0 Å². The lowest BCUT2D eigenvalue weighted by Crippen LogP contribution is -2.23. The highest BCUT2D eigenvalue weighted by atomic mass is 32.2. The summed E-state index contributed by atoms with van der Waals surface area (Å²) in [5, 5.41) is 0. The Labute approximate surface area is 169 Å². The van der Waals surface area contributed by atoms with Crippen LogP contribution >= 0.6 is 11.3 Å². The van der Waals surface area contributed by atoms with Gasteiger partial charge in [-0.2, -0.15) is 0 Å². The second-order valence-electron chi connectivity index (χ2n) is 6.19. The topological polar surface area (TPSA) is 110 Å². The molecule has 0 aliphatic rings. The fourth-order valence-corrected chi connectivity index (χ4v) is 4.55. The number of hydrogen-bond donors (Lipinski definition) is 1. The summed E-state index contributed by atoms with van der Waals surface area (Å²) >= 11 is 1.23. The molecule has 1 aromatic carbocycles. The van der Waals surface area contributed by atoms with E-state index in [9.17, 15) is 21.6 Å². The molecule has 2 rings (SSSR count). The molecule has 0 atom stereocenters. The van der Waals surface area contributed by atoms with E-state index in [0.717, 1.165) is 15.4 Å². The van der Waals surface area contributed by atoms with Gasteiger partial charge in [-0.15, -0.1) is 11.3 Å². The largest absolute Gasteiger partial charge is 0.457 e. The summed E-state index contributed by atoms with van der Waals surface area (Å²) < 4.78 is 55.2. The third-order valence-corrected chi connectivity index (χ3v) is 7.31.